The Hall–Kier alpha value is -0.333. The highest BCUT2D eigenvalue weighted by Gasteiger charge is 2.19. The zero-order chi connectivity index (χ0) is 12.5. The highest BCUT2D eigenvalue weighted by molar-refractivity contribution is 9.11. The number of hydrogen-bond donors (Lipinski definition) is 1. The van der Waals surface area contributed by atoms with E-state index in [1.165, 1.54) is 0 Å². The van der Waals surface area contributed by atoms with Crippen molar-refractivity contribution in [3.8, 4) is 5.75 Å². The first-order chi connectivity index (χ1) is 7.20. The van der Waals surface area contributed by atoms with Gasteiger partial charge in [-0.3, -0.25) is 0 Å². The summed E-state index contributed by atoms with van der Waals surface area (Å²) in [5.74, 6) is -0.291. The van der Waals surface area contributed by atoms with Gasteiger partial charge in [0.1, 0.15) is 5.75 Å². The number of hydrogen-bond acceptors (Lipinski definition) is 2. The summed E-state index contributed by atoms with van der Waals surface area (Å²) in [7, 11) is -1.68. The minimum absolute atomic E-state index is 0.211. The average molecular weight is 368 g/mol. The molecule has 0 aromatic heterocycles. The normalized spacial score (nSPS) is 11.3. The molecule has 1 aromatic carbocycles. The molecule has 6 heteroatoms. The summed E-state index contributed by atoms with van der Waals surface area (Å²) >= 11 is 6.46. The molecule has 16 heavy (non-hydrogen) atoms. The van der Waals surface area contributed by atoms with Crippen LogP contribution in [0, 0.1) is 0 Å². The monoisotopic (exact) mass is 366 g/mol. The molecule has 0 heterocycles. The summed E-state index contributed by atoms with van der Waals surface area (Å²) in [5.41, 5.74) is 0.211. The van der Waals surface area contributed by atoms with E-state index in [-0.39, 0.29) is 5.56 Å². The van der Waals surface area contributed by atoms with Crippen molar-refractivity contribution >= 4 is 46.1 Å². The van der Waals surface area contributed by atoms with Crippen LogP contribution >= 0.6 is 31.9 Å². The maximum Gasteiger partial charge on any atom is 0.338 e. The van der Waals surface area contributed by atoms with Crippen molar-refractivity contribution < 1.29 is 14.3 Å². The van der Waals surface area contributed by atoms with Crippen LogP contribution < -0.4 is 4.43 Å². The lowest BCUT2D eigenvalue weighted by Gasteiger charge is -2.20. The summed E-state index contributed by atoms with van der Waals surface area (Å²) in [6.07, 6.45) is 0. The molecule has 3 nitrogen and oxygen atoms in total. The highest BCUT2D eigenvalue weighted by atomic mass is 79.9. The number of rotatable bonds is 3. The molecule has 0 aliphatic rings. The first kappa shape index (κ1) is 13.7. The Morgan fingerprint density at radius 3 is 2.00 bits per heavy atom. The molecule has 0 atom stereocenters. The lowest BCUT2D eigenvalue weighted by atomic mass is 10.2. The fraction of sp³-hybridized carbons (Fsp3) is 0.300. The molecule has 1 aromatic rings. The van der Waals surface area contributed by atoms with E-state index in [2.05, 4.69) is 51.5 Å². The smallest absolute Gasteiger partial charge is 0.338 e. The largest absolute Gasteiger partial charge is 0.544 e. The number of benzene rings is 1. The van der Waals surface area contributed by atoms with Gasteiger partial charge in [-0.1, -0.05) is 0 Å². The predicted octanol–water partition coefficient (Wildman–Crippen LogP) is 4.12. The zero-order valence-electron chi connectivity index (χ0n) is 9.17. The third-order valence-electron chi connectivity index (χ3n) is 1.65. The molecule has 0 aliphatic carbocycles. The van der Waals surface area contributed by atoms with E-state index in [4.69, 9.17) is 9.53 Å². The van der Waals surface area contributed by atoms with E-state index in [1.54, 1.807) is 12.1 Å². The summed E-state index contributed by atoms with van der Waals surface area (Å²) < 4.78 is 6.82. The Morgan fingerprint density at radius 2 is 1.69 bits per heavy atom. The molecule has 0 unspecified atom stereocenters. The summed E-state index contributed by atoms with van der Waals surface area (Å²) in [5, 5.41) is 8.98. The Labute approximate surface area is 112 Å². The van der Waals surface area contributed by atoms with Crippen LogP contribution in [0.3, 0.4) is 0 Å². The van der Waals surface area contributed by atoms with Gasteiger partial charge in [0.15, 0.2) is 0 Å². The van der Waals surface area contributed by atoms with E-state index in [1.807, 2.05) is 0 Å². The second-order valence-electron chi connectivity index (χ2n) is 4.28. The maximum absolute atomic E-state index is 10.9. The minimum Gasteiger partial charge on any atom is -0.544 e. The minimum atomic E-state index is -1.68. The van der Waals surface area contributed by atoms with Crippen LogP contribution in [-0.4, -0.2) is 19.4 Å². The van der Waals surface area contributed by atoms with Crippen LogP contribution in [-0.2, 0) is 0 Å². The Bertz CT molecular complexity index is 404. The molecule has 0 aliphatic heterocycles. The van der Waals surface area contributed by atoms with E-state index >= 15 is 0 Å². The molecular weight excluding hydrogens is 356 g/mol. The van der Waals surface area contributed by atoms with Crippen LogP contribution in [0.1, 0.15) is 10.4 Å². The van der Waals surface area contributed by atoms with E-state index < -0.39 is 14.3 Å². The third kappa shape index (κ3) is 3.60. The number of carbonyl (C=O) groups is 1. The topological polar surface area (TPSA) is 46.5 Å². The van der Waals surface area contributed by atoms with Gasteiger partial charge < -0.3 is 9.53 Å². The van der Waals surface area contributed by atoms with Gasteiger partial charge in [-0.25, -0.2) is 4.79 Å². The fourth-order valence-corrected chi connectivity index (χ4v) is 3.48. The molecule has 1 N–H and O–H groups in total. The molecule has 0 saturated heterocycles. The van der Waals surface area contributed by atoms with Crippen LogP contribution in [0.4, 0.5) is 0 Å². The standard InChI is InChI=1S/C10H12Br2O3Si/c1-16(2,3)15-6-4-7(11)9(10(13)14)8(12)5-6/h4-5H,1-3H3,(H,13,14). The fourth-order valence-electron chi connectivity index (χ4n) is 1.17. The Morgan fingerprint density at radius 1 is 1.25 bits per heavy atom. The van der Waals surface area contributed by atoms with E-state index in [0.717, 1.165) is 0 Å². The van der Waals surface area contributed by atoms with E-state index in [0.29, 0.717) is 14.7 Å². The lowest BCUT2D eigenvalue weighted by Crippen LogP contribution is -2.29. The van der Waals surface area contributed by atoms with Gasteiger partial charge in [0.05, 0.1) is 5.56 Å². The molecule has 0 saturated carbocycles. The van der Waals surface area contributed by atoms with Crippen LogP contribution in [0.15, 0.2) is 21.1 Å². The van der Waals surface area contributed by atoms with Gasteiger partial charge in [0.2, 0.25) is 8.32 Å². The van der Waals surface area contributed by atoms with Gasteiger partial charge >= 0.3 is 5.97 Å². The van der Waals surface area contributed by atoms with Gasteiger partial charge in [-0.2, -0.15) is 0 Å². The quantitative estimate of drug-likeness (QED) is 0.817. The molecule has 0 amide bonds. The molecule has 1 rings (SSSR count). The van der Waals surface area contributed by atoms with Gasteiger partial charge in [0.25, 0.3) is 0 Å². The van der Waals surface area contributed by atoms with Crippen molar-refractivity contribution in [1.29, 1.82) is 0 Å². The summed E-state index contributed by atoms with van der Waals surface area (Å²) in [4.78, 5) is 10.9. The number of halogens is 2. The first-order valence-corrected chi connectivity index (χ1v) is 9.61. The zero-order valence-corrected chi connectivity index (χ0v) is 13.3. The molecule has 0 spiro atoms. The Balaban J connectivity index is 3.15. The third-order valence-corrected chi connectivity index (χ3v) is 3.75. The van der Waals surface area contributed by atoms with Gasteiger partial charge in [-0.15, -0.1) is 0 Å². The first-order valence-electron chi connectivity index (χ1n) is 4.62. The molecular formula is C10H12Br2O3Si. The van der Waals surface area contributed by atoms with Crippen molar-refractivity contribution in [1.82, 2.24) is 0 Å². The summed E-state index contributed by atoms with van der Waals surface area (Å²) in [6, 6.07) is 3.37. The average Bonchev–Trinajstić information content (AvgIpc) is 1.96. The van der Waals surface area contributed by atoms with Crippen molar-refractivity contribution in [2.45, 2.75) is 19.6 Å². The molecule has 0 radical (unpaired) electrons. The second kappa shape index (κ2) is 4.89. The molecule has 0 fully saturated rings. The van der Waals surface area contributed by atoms with Crippen LogP contribution in [0.5, 0.6) is 5.75 Å². The van der Waals surface area contributed by atoms with E-state index in [9.17, 15) is 4.79 Å². The van der Waals surface area contributed by atoms with Crippen molar-refractivity contribution in [2.75, 3.05) is 0 Å². The number of carboxylic acids is 1. The maximum atomic E-state index is 10.9. The number of aromatic carboxylic acids is 1. The lowest BCUT2D eigenvalue weighted by molar-refractivity contribution is 0.0695. The molecule has 88 valence electrons. The second-order valence-corrected chi connectivity index (χ2v) is 10.4. The number of carboxylic acid groups (broad SMARTS) is 1. The van der Waals surface area contributed by atoms with Gasteiger partial charge in [-0.05, 0) is 63.6 Å². The van der Waals surface area contributed by atoms with Crippen LogP contribution in [0.2, 0.25) is 19.6 Å². The SMILES string of the molecule is C[Si](C)(C)Oc1cc(Br)c(C(=O)O)c(Br)c1. The van der Waals surface area contributed by atoms with Crippen molar-refractivity contribution in [3.63, 3.8) is 0 Å². The predicted molar refractivity (Wildman–Crippen MR) is 72.8 cm³/mol. The van der Waals surface area contributed by atoms with Crippen LogP contribution in [0.25, 0.3) is 0 Å². The van der Waals surface area contributed by atoms with Crippen molar-refractivity contribution in [2.24, 2.45) is 0 Å². The van der Waals surface area contributed by atoms with Gasteiger partial charge in [0, 0.05) is 8.95 Å². The highest BCUT2D eigenvalue weighted by Crippen LogP contribution is 2.31. The Kier molecular flexibility index (Phi) is 4.20. The summed E-state index contributed by atoms with van der Waals surface area (Å²) in [6.45, 7) is 6.21. The van der Waals surface area contributed by atoms with Crippen molar-refractivity contribution in [3.05, 3.63) is 26.6 Å². The molecule has 0 bridgehead atoms.